The highest BCUT2D eigenvalue weighted by molar-refractivity contribution is 7.98. The number of rotatable bonds is 6. The van der Waals surface area contributed by atoms with Gasteiger partial charge in [0.15, 0.2) is 0 Å². The number of benzene rings is 2. The zero-order valence-corrected chi connectivity index (χ0v) is 17.8. The molecule has 0 spiro atoms. The smallest absolute Gasteiger partial charge is 0.323 e. The van der Waals surface area contributed by atoms with Crippen LogP contribution in [0.4, 0.5) is 16.2 Å². The molecule has 2 heterocycles. The van der Waals surface area contributed by atoms with Gasteiger partial charge in [-0.25, -0.2) is 19.7 Å². The van der Waals surface area contributed by atoms with Crippen LogP contribution in [0.15, 0.2) is 78.2 Å². The van der Waals surface area contributed by atoms with E-state index < -0.39 is 0 Å². The Bertz CT molecular complexity index is 1190. The van der Waals surface area contributed by atoms with Crippen LogP contribution >= 0.6 is 11.8 Å². The fourth-order valence-corrected chi connectivity index (χ4v) is 3.32. The maximum Gasteiger partial charge on any atom is 0.323 e. The predicted octanol–water partition coefficient (Wildman–Crippen LogP) is 5.13. The second-order valence-corrected chi connectivity index (χ2v) is 7.38. The van der Waals surface area contributed by atoms with Crippen molar-refractivity contribution in [3.05, 3.63) is 79.1 Å². The molecular weight excluding hydrogens is 412 g/mol. The van der Waals surface area contributed by atoms with Gasteiger partial charge in [0, 0.05) is 34.7 Å². The predicted molar refractivity (Wildman–Crippen MR) is 121 cm³/mol. The normalized spacial score (nSPS) is 10.5. The molecule has 0 aliphatic carbocycles. The number of nitrogens with zero attached hydrogens (tertiary/aromatic N) is 4. The Labute approximate surface area is 183 Å². The summed E-state index contributed by atoms with van der Waals surface area (Å²) in [5.41, 5.74) is 1.38. The summed E-state index contributed by atoms with van der Waals surface area (Å²) in [4.78, 5) is 25.9. The molecule has 2 aromatic carbocycles. The van der Waals surface area contributed by atoms with Crippen LogP contribution in [-0.4, -0.2) is 31.8 Å². The van der Waals surface area contributed by atoms with Gasteiger partial charge in [-0.05, 0) is 55.6 Å². The first-order chi connectivity index (χ1) is 15.1. The number of urea groups is 1. The first-order valence-corrected chi connectivity index (χ1v) is 10.7. The molecule has 0 aliphatic heterocycles. The van der Waals surface area contributed by atoms with E-state index >= 15 is 0 Å². The van der Waals surface area contributed by atoms with E-state index in [1.165, 1.54) is 6.33 Å². The summed E-state index contributed by atoms with van der Waals surface area (Å²) >= 11 is 1.62. The third kappa shape index (κ3) is 5.20. The van der Waals surface area contributed by atoms with Crippen LogP contribution < -0.4 is 15.4 Å². The zero-order valence-electron chi connectivity index (χ0n) is 16.9. The number of thioether (sulfide) groups is 1. The first-order valence-electron chi connectivity index (χ1n) is 9.43. The van der Waals surface area contributed by atoms with E-state index in [2.05, 4.69) is 25.6 Å². The third-order valence-electron chi connectivity index (χ3n) is 4.36. The summed E-state index contributed by atoms with van der Waals surface area (Å²) in [6, 6.07) is 16.1. The van der Waals surface area contributed by atoms with E-state index in [4.69, 9.17) is 4.74 Å². The number of ether oxygens (including phenoxy) is 1. The molecule has 31 heavy (non-hydrogen) atoms. The molecular formula is C22H20N6O2S. The van der Waals surface area contributed by atoms with Gasteiger partial charge in [-0.3, -0.25) is 4.57 Å². The molecule has 0 saturated heterocycles. The van der Waals surface area contributed by atoms with E-state index in [9.17, 15) is 4.79 Å². The summed E-state index contributed by atoms with van der Waals surface area (Å²) < 4.78 is 7.66. The van der Waals surface area contributed by atoms with E-state index in [-0.39, 0.29) is 6.03 Å². The van der Waals surface area contributed by atoms with Gasteiger partial charge < -0.3 is 15.4 Å². The molecule has 0 aliphatic rings. The lowest BCUT2D eigenvalue weighted by Gasteiger charge is -2.10. The minimum atomic E-state index is -0.317. The molecule has 2 aromatic heterocycles. The van der Waals surface area contributed by atoms with Crippen molar-refractivity contribution in [2.24, 2.45) is 0 Å². The Morgan fingerprint density at radius 3 is 2.55 bits per heavy atom. The molecule has 9 heteroatoms. The second-order valence-electron chi connectivity index (χ2n) is 6.50. The minimum Gasteiger partial charge on any atom is -0.439 e. The highest BCUT2D eigenvalue weighted by atomic mass is 32.2. The first kappa shape index (κ1) is 20.4. The van der Waals surface area contributed by atoms with Gasteiger partial charge >= 0.3 is 6.03 Å². The molecule has 2 amide bonds. The number of aromatic nitrogens is 4. The summed E-state index contributed by atoms with van der Waals surface area (Å²) in [5, 5.41) is 5.63. The largest absolute Gasteiger partial charge is 0.439 e. The van der Waals surface area contributed by atoms with Gasteiger partial charge in [0.25, 0.3) is 0 Å². The molecule has 4 rings (SSSR count). The van der Waals surface area contributed by atoms with Crippen LogP contribution in [0.25, 0.3) is 5.82 Å². The topological polar surface area (TPSA) is 94.0 Å². The lowest BCUT2D eigenvalue weighted by atomic mass is 10.3. The van der Waals surface area contributed by atoms with Crippen LogP contribution in [0.2, 0.25) is 0 Å². The molecule has 4 aromatic rings. The standard InChI is InChI=1S/C22H20N6O2S/c1-15-23-10-11-28(15)20-13-21(25-14-24-20)30-18-8-6-16(7-9-18)26-22(29)27-17-4-3-5-19(12-17)31-2/h3-14H,1-2H3,(H2,26,27,29). The van der Waals surface area contributed by atoms with Gasteiger partial charge in [0.1, 0.15) is 23.7 Å². The van der Waals surface area contributed by atoms with E-state index in [1.807, 2.05) is 48.2 Å². The van der Waals surface area contributed by atoms with Crippen molar-refractivity contribution in [1.82, 2.24) is 19.5 Å². The molecule has 0 radical (unpaired) electrons. The number of hydrogen-bond acceptors (Lipinski definition) is 6. The van der Waals surface area contributed by atoms with Crippen LogP contribution in [0, 0.1) is 6.92 Å². The Balaban J connectivity index is 1.38. The Hall–Kier alpha value is -3.85. The summed E-state index contributed by atoms with van der Waals surface area (Å²) in [5.74, 6) is 2.48. The number of aryl methyl sites for hydroxylation is 1. The minimum absolute atomic E-state index is 0.317. The fraction of sp³-hybridized carbons (Fsp3) is 0.0909. The fourth-order valence-electron chi connectivity index (χ4n) is 2.86. The van der Waals surface area contributed by atoms with Crippen molar-refractivity contribution < 1.29 is 9.53 Å². The average Bonchev–Trinajstić information content (AvgIpc) is 3.21. The molecule has 0 bridgehead atoms. The van der Waals surface area contributed by atoms with E-state index in [0.29, 0.717) is 23.1 Å². The lowest BCUT2D eigenvalue weighted by Crippen LogP contribution is -2.19. The number of carbonyl (C=O) groups is 1. The molecule has 0 unspecified atom stereocenters. The van der Waals surface area contributed by atoms with Crippen LogP contribution in [0.3, 0.4) is 0 Å². The number of anilines is 2. The third-order valence-corrected chi connectivity index (χ3v) is 5.09. The monoisotopic (exact) mass is 432 g/mol. The summed E-state index contributed by atoms with van der Waals surface area (Å²) in [6.45, 7) is 1.89. The quantitative estimate of drug-likeness (QED) is 0.410. The van der Waals surface area contributed by atoms with Crippen LogP contribution in [0.1, 0.15) is 5.82 Å². The zero-order chi connectivity index (χ0) is 21.6. The second kappa shape index (κ2) is 9.31. The van der Waals surface area contributed by atoms with Crippen molar-refractivity contribution in [2.75, 3.05) is 16.9 Å². The van der Waals surface area contributed by atoms with Crippen molar-refractivity contribution >= 4 is 29.2 Å². The van der Waals surface area contributed by atoms with E-state index in [1.54, 1.807) is 48.3 Å². The van der Waals surface area contributed by atoms with Crippen molar-refractivity contribution in [1.29, 1.82) is 0 Å². The number of amides is 2. The number of hydrogen-bond donors (Lipinski definition) is 2. The van der Waals surface area contributed by atoms with Crippen molar-refractivity contribution in [3.8, 4) is 17.4 Å². The molecule has 0 saturated carbocycles. The van der Waals surface area contributed by atoms with Gasteiger partial charge in [-0.1, -0.05) is 6.07 Å². The average molecular weight is 433 g/mol. The molecule has 0 fully saturated rings. The highest BCUT2D eigenvalue weighted by Crippen LogP contribution is 2.23. The Morgan fingerprint density at radius 1 is 1.00 bits per heavy atom. The lowest BCUT2D eigenvalue weighted by molar-refractivity contribution is 0.262. The Kier molecular flexibility index (Phi) is 6.13. The molecule has 8 nitrogen and oxygen atoms in total. The molecule has 156 valence electrons. The molecule has 2 N–H and O–H groups in total. The van der Waals surface area contributed by atoms with Gasteiger partial charge in [0.2, 0.25) is 5.88 Å². The summed E-state index contributed by atoms with van der Waals surface area (Å²) in [7, 11) is 0. The SMILES string of the molecule is CSc1cccc(NC(=O)Nc2ccc(Oc3cc(-n4ccnc4C)ncn3)cc2)c1. The van der Waals surface area contributed by atoms with Crippen molar-refractivity contribution in [3.63, 3.8) is 0 Å². The van der Waals surface area contributed by atoms with Crippen LogP contribution in [0.5, 0.6) is 11.6 Å². The van der Waals surface area contributed by atoms with Gasteiger partial charge in [-0.2, -0.15) is 0 Å². The number of imidazole rings is 1. The highest BCUT2D eigenvalue weighted by Gasteiger charge is 2.07. The Morgan fingerprint density at radius 2 is 1.81 bits per heavy atom. The molecule has 0 atom stereocenters. The maximum absolute atomic E-state index is 12.3. The van der Waals surface area contributed by atoms with Crippen molar-refractivity contribution in [2.45, 2.75) is 11.8 Å². The number of nitrogens with one attached hydrogen (secondary N) is 2. The maximum atomic E-state index is 12.3. The van der Waals surface area contributed by atoms with Crippen LogP contribution in [-0.2, 0) is 0 Å². The number of carbonyl (C=O) groups excluding carboxylic acids is 1. The summed E-state index contributed by atoms with van der Waals surface area (Å²) in [6.07, 6.45) is 6.96. The van der Waals surface area contributed by atoms with Gasteiger partial charge in [-0.15, -0.1) is 11.8 Å². The van der Waals surface area contributed by atoms with E-state index in [0.717, 1.165) is 16.4 Å². The van der Waals surface area contributed by atoms with Gasteiger partial charge in [0.05, 0.1) is 0 Å².